The van der Waals surface area contributed by atoms with Crippen molar-refractivity contribution in [2.75, 3.05) is 25.3 Å². The molecule has 2 aromatic carbocycles. The number of hydrogen-bond donors (Lipinski definition) is 1. The van der Waals surface area contributed by atoms with Crippen LogP contribution in [0.4, 0.5) is 14.6 Å². The first-order chi connectivity index (χ1) is 17.5. The number of anilines is 1. The molecular weight excluding hydrogens is 466 g/mol. The van der Waals surface area contributed by atoms with Gasteiger partial charge in [0.05, 0.1) is 7.11 Å². The Kier molecular flexibility index (Phi) is 6.30. The number of ether oxygens (including phenoxy) is 2. The van der Waals surface area contributed by atoms with E-state index in [0.717, 1.165) is 25.7 Å². The maximum Gasteiger partial charge on any atom is 0.318 e. The molecule has 7 nitrogen and oxygen atoms in total. The summed E-state index contributed by atoms with van der Waals surface area (Å²) in [5.74, 6) is -0.733. The fourth-order valence-corrected chi connectivity index (χ4v) is 4.65. The van der Waals surface area contributed by atoms with E-state index in [1.165, 1.54) is 37.5 Å². The quantitative estimate of drug-likeness (QED) is 0.293. The zero-order valence-corrected chi connectivity index (χ0v) is 20.1. The van der Waals surface area contributed by atoms with Crippen LogP contribution in [0.5, 0.6) is 17.6 Å². The minimum atomic E-state index is -0.752. The molecule has 1 N–H and O–H groups in total. The van der Waals surface area contributed by atoms with Gasteiger partial charge < -0.3 is 19.5 Å². The van der Waals surface area contributed by atoms with Crippen LogP contribution in [0.15, 0.2) is 30.8 Å². The molecule has 5 rings (SSSR count). The Morgan fingerprint density at radius 3 is 2.72 bits per heavy atom. The van der Waals surface area contributed by atoms with Crippen molar-refractivity contribution in [1.82, 2.24) is 15.0 Å². The number of benzene rings is 2. The van der Waals surface area contributed by atoms with Gasteiger partial charge >= 0.3 is 6.01 Å². The minimum Gasteiger partial charge on any atom is -0.508 e. The highest BCUT2D eigenvalue weighted by molar-refractivity contribution is 6.05. The summed E-state index contributed by atoms with van der Waals surface area (Å²) < 4.78 is 42.1. The third-order valence-electron chi connectivity index (χ3n) is 6.38. The van der Waals surface area contributed by atoms with E-state index in [0.29, 0.717) is 28.5 Å². The first-order valence-corrected chi connectivity index (χ1v) is 11.9. The Hall–Kier alpha value is -4.01. The molecule has 0 aliphatic carbocycles. The fourth-order valence-electron chi connectivity index (χ4n) is 4.65. The highest BCUT2D eigenvalue weighted by Gasteiger charge is 2.30. The van der Waals surface area contributed by atoms with Crippen LogP contribution in [0.3, 0.4) is 0 Å². The molecule has 9 heteroatoms. The van der Waals surface area contributed by atoms with Crippen LogP contribution in [-0.2, 0) is 0 Å². The van der Waals surface area contributed by atoms with E-state index >= 15 is 4.39 Å². The van der Waals surface area contributed by atoms with Gasteiger partial charge in [0.15, 0.2) is 18.4 Å². The van der Waals surface area contributed by atoms with Crippen molar-refractivity contribution in [3.05, 3.63) is 48.0 Å². The van der Waals surface area contributed by atoms with Gasteiger partial charge in [-0.3, -0.25) is 0 Å². The monoisotopic (exact) mass is 492 g/mol. The highest BCUT2D eigenvalue weighted by atomic mass is 19.1. The standard InChI is InChI=1S/C27H26F2N4O3/c1-4-6-7-8-11-33-14-36-26-21-24(31-27(35-3)32-25(21)33)22(29)23(30-26)18-13-16(34)12-15-9-10-19(28)17(5-2)20(15)18/h5,9-10,12-13,34H,2,4,6-8,11,14H2,1,3H3. The molecule has 0 unspecified atom stereocenters. The zero-order valence-electron chi connectivity index (χ0n) is 20.1. The number of rotatable bonds is 8. The topological polar surface area (TPSA) is 80.6 Å². The molecule has 0 radical (unpaired) electrons. The number of aromatic hydroxyl groups is 1. The van der Waals surface area contributed by atoms with Crippen LogP contribution >= 0.6 is 0 Å². The van der Waals surface area contributed by atoms with Crippen LogP contribution in [-0.4, -0.2) is 40.4 Å². The van der Waals surface area contributed by atoms with Crippen molar-refractivity contribution in [3.8, 4) is 28.9 Å². The first kappa shape index (κ1) is 23.7. The average molecular weight is 493 g/mol. The van der Waals surface area contributed by atoms with Gasteiger partial charge in [0.2, 0.25) is 5.88 Å². The SMILES string of the molecule is C=Cc1c(F)ccc2cc(O)cc(-c3nc4c5c(nc(OC)nc5c3F)N(CCCCCC)CO4)c12. The van der Waals surface area contributed by atoms with E-state index in [4.69, 9.17) is 9.47 Å². The van der Waals surface area contributed by atoms with E-state index in [-0.39, 0.29) is 46.7 Å². The second kappa shape index (κ2) is 9.56. The first-order valence-electron chi connectivity index (χ1n) is 11.9. The number of fused-ring (bicyclic) bond motifs is 1. The number of phenols is 1. The van der Waals surface area contributed by atoms with Gasteiger partial charge in [-0.15, -0.1) is 0 Å². The number of halogens is 2. The van der Waals surface area contributed by atoms with E-state index in [2.05, 4.69) is 28.5 Å². The van der Waals surface area contributed by atoms with Crippen LogP contribution in [0.2, 0.25) is 0 Å². The number of methoxy groups -OCH3 is 1. The second-order valence-corrected chi connectivity index (χ2v) is 8.69. The summed E-state index contributed by atoms with van der Waals surface area (Å²) >= 11 is 0. The molecule has 186 valence electrons. The van der Waals surface area contributed by atoms with Gasteiger partial charge in [-0.2, -0.15) is 9.97 Å². The predicted molar refractivity (Wildman–Crippen MR) is 135 cm³/mol. The van der Waals surface area contributed by atoms with Gasteiger partial charge in [0, 0.05) is 23.1 Å². The zero-order chi connectivity index (χ0) is 25.4. The fraction of sp³-hybridized carbons (Fsp3) is 0.296. The number of pyridine rings is 1. The summed E-state index contributed by atoms with van der Waals surface area (Å²) in [6.07, 6.45) is 5.59. The largest absolute Gasteiger partial charge is 0.508 e. The second-order valence-electron chi connectivity index (χ2n) is 8.69. The molecule has 0 amide bonds. The number of hydrogen-bond acceptors (Lipinski definition) is 7. The minimum absolute atomic E-state index is 0.0125. The van der Waals surface area contributed by atoms with Gasteiger partial charge in [-0.1, -0.05) is 44.9 Å². The Bertz CT molecular complexity index is 1490. The molecule has 4 aromatic rings. The van der Waals surface area contributed by atoms with Crippen molar-refractivity contribution < 1.29 is 23.4 Å². The molecule has 0 saturated heterocycles. The molecule has 0 spiro atoms. The van der Waals surface area contributed by atoms with E-state index < -0.39 is 11.6 Å². The van der Waals surface area contributed by atoms with Crippen molar-refractivity contribution >= 4 is 33.6 Å². The maximum absolute atomic E-state index is 16.2. The molecule has 0 bridgehead atoms. The van der Waals surface area contributed by atoms with Crippen LogP contribution in [0.25, 0.3) is 39.0 Å². The summed E-state index contributed by atoms with van der Waals surface area (Å²) in [5, 5.41) is 11.6. The van der Waals surface area contributed by atoms with Crippen LogP contribution in [0, 0.1) is 11.6 Å². The lowest BCUT2D eigenvalue weighted by atomic mass is 9.95. The predicted octanol–water partition coefficient (Wildman–Crippen LogP) is 6.22. The molecule has 0 fully saturated rings. The molecular formula is C27H26F2N4O3. The van der Waals surface area contributed by atoms with Gasteiger partial charge in [-0.25, -0.2) is 13.8 Å². The van der Waals surface area contributed by atoms with Crippen LogP contribution < -0.4 is 14.4 Å². The summed E-state index contributed by atoms with van der Waals surface area (Å²) in [5.41, 5.74) is 0.218. The van der Waals surface area contributed by atoms with E-state index in [1.54, 1.807) is 0 Å². The smallest absolute Gasteiger partial charge is 0.318 e. The normalized spacial score (nSPS) is 12.7. The summed E-state index contributed by atoms with van der Waals surface area (Å²) in [4.78, 5) is 15.2. The molecule has 0 atom stereocenters. The number of phenolic OH excluding ortho intramolecular Hbond substituents is 1. The lowest BCUT2D eigenvalue weighted by Gasteiger charge is -2.30. The van der Waals surface area contributed by atoms with Crippen molar-refractivity contribution in [3.63, 3.8) is 0 Å². The van der Waals surface area contributed by atoms with Crippen LogP contribution in [0.1, 0.15) is 38.2 Å². The van der Waals surface area contributed by atoms with Crippen molar-refractivity contribution in [2.45, 2.75) is 32.6 Å². The number of unbranched alkanes of at least 4 members (excludes halogenated alkanes) is 3. The van der Waals surface area contributed by atoms with Gasteiger partial charge in [-0.05, 0) is 30.0 Å². The van der Waals surface area contributed by atoms with Crippen molar-refractivity contribution in [2.24, 2.45) is 0 Å². The molecule has 2 aromatic heterocycles. The van der Waals surface area contributed by atoms with Gasteiger partial charge in [0.25, 0.3) is 0 Å². The average Bonchev–Trinajstić information content (AvgIpc) is 2.88. The van der Waals surface area contributed by atoms with E-state index in [1.807, 2.05) is 4.90 Å². The Labute approximate surface area is 207 Å². The lowest BCUT2D eigenvalue weighted by Crippen LogP contribution is -2.33. The third kappa shape index (κ3) is 3.94. The molecule has 1 aliphatic heterocycles. The molecule has 0 saturated carbocycles. The highest BCUT2D eigenvalue weighted by Crippen LogP contribution is 2.43. The molecule has 1 aliphatic rings. The molecule has 3 heterocycles. The summed E-state index contributed by atoms with van der Waals surface area (Å²) in [6.45, 7) is 6.71. The molecule has 36 heavy (non-hydrogen) atoms. The van der Waals surface area contributed by atoms with E-state index in [9.17, 15) is 9.50 Å². The number of nitrogens with zero attached hydrogens (tertiary/aromatic N) is 4. The summed E-state index contributed by atoms with van der Waals surface area (Å²) in [7, 11) is 1.42. The summed E-state index contributed by atoms with van der Waals surface area (Å²) in [6, 6.07) is 5.63. The van der Waals surface area contributed by atoms with Crippen molar-refractivity contribution in [1.29, 1.82) is 0 Å². The number of aromatic nitrogens is 3. The third-order valence-corrected chi connectivity index (χ3v) is 6.38. The lowest BCUT2D eigenvalue weighted by molar-refractivity contribution is 0.294. The maximum atomic E-state index is 16.2. The van der Waals surface area contributed by atoms with Gasteiger partial charge in [0.1, 0.15) is 28.2 Å². The Morgan fingerprint density at radius 2 is 1.97 bits per heavy atom. The Balaban J connectivity index is 1.75. The Morgan fingerprint density at radius 1 is 1.14 bits per heavy atom.